The van der Waals surface area contributed by atoms with Crippen molar-refractivity contribution in [3.8, 4) is 0 Å². The molecule has 0 saturated heterocycles. The Hall–Kier alpha value is 0.210. The molecule has 0 saturated carbocycles. The number of unbranched alkanes of at least 4 members (excludes halogenated alkanes) is 5. The topological polar surface area (TPSA) is 26.3 Å². The zero-order chi connectivity index (χ0) is 10.8. The van der Waals surface area contributed by atoms with Crippen LogP contribution >= 0.6 is 0 Å². The van der Waals surface area contributed by atoms with E-state index in [0.29, 0.717) is 12.2 Å². The maximum absolute atomic E-state index is 11.0. The fourth-order valence-electron chi connectivity index (χ4n) is 1.17. The summed E-state index contributed by atoms with van der Waals surface area (Å²) in [4.78, 5) is 11.0. The maximum Gasteiger partial charge on any atom is 1.00 e. The molecule has 3 heteroatoms. The first-order chi connectivity index (χ1) is 6.68. The predicted molar refractivity (Wildman–Crippen MR) is 60.3 cm³/mol. The molecule has 0 atom stereocenters. The summed E-state index contributed by atoms with van der Waals surface area (Å²) < 4.78 is 4.97. The van der Waals surface area contributed by atoms with Crippen molar-refractivity contribution < 1.29 is 40.5 Å². The number of ether oxygens (including phenoxy) is 1. The van der Waals surface area contributed by atoms with E-state index in [2.05, 4.69) is 13.5 Å². The van der Waals surface area contributed by atoms with Crippen molar-refractivity contribution in [1.82, 2.24) is 0 Å². The third kappa shape index (κ3) is 12.1. The maximum atomic E-state index is 11.0. The molecule has 0 aromatic rings. The van der Waals surface area contributed by atoms with E-state index in [1.54, 1.807) is 6.92 Å². The molecule has 0 fully saturated rings. The van der Waals surface area contributed by atoms with Gasteiger partial charge < -0.3 is 6.16 Å². The summed E-state index contributed by atoms with van der Waals surface area (Å²) in [6, 6.07) is 0. The van der Waals surface area contributed by atoms with Crippen molar-refractivity contribution in [2.45, 2.75) is 52.4 Å². The number of hydrogen-bond donors (Lipinski definition) is 0. The summed E-state index contributed by atoms with van der Waals surface area (Å²) in [7, 11) is 0. The fraction of sp³-hybridized carbons (Fsp3) is 0.750. The fourth-order valence-corrected chi connectivity index (χ4v) is 1.17. The van der Waals surface area contributed by atoms with E-state index < -0.39 is 0 Å². The van der Waals surface area contributed by atoms with Crippen LogP contribution in [0.4, 0.5) is 0 Å². The van der Waals surface area contributed by atoms with Gasteiger partial charge in [-0.05, 0) is 13.3 Å². The molecule has 0 amide bonds. The zero-order valence-corrected chi connectivity index (χ0v) is 12.5. The van der Waals surface area contributed by atoms with Gasteiger partial charge in [-0.3, -0.25) is 0 Å². The normalized spacial score (nSPS) is 9.20. The molecule has 0 aromatic heterocycles. The summed E-state index contributed by atoms with van der Waals surface area (Å²) in [5.74, 6) is -0.265. The number of esters is 1. The Morgan fingerprint density at radius 1 is 1.20 bits per heavy atom. The van der Waals surface area contributed by atoms with Gasteiger partial charge in [0.25, 0.3) is 0 Å². The van der Waals surface area contributed by atoms with Gasteiger partial charge in [-0.15, -0.1) is 0 Å². The number of carbonyl (C=O) groups excluding carboxylic acids is 1. The molecule has 15 heavy (non-hydrogen) atoms. The van der Waals surface area contributed by atoms with Crippen molar-refractivity contribution in [2.24, 2.45) is 0 Å². The molecule has 0 aliphatic heterocycles. The van der Waals surface area contributed by atoms with E-state index in [1.807, 2.05) is 0 Å². The Morgan fingerprint density at radius 3 is 2.27 bits per heavy atom. The molecule has 0 unspecified atom stereocenters. The van der Waals surface area contributed by atoms with Gasteiger partial charge in [0.15, 0.2) is 0 Å². The van der Waals surface area contributed by atoms with E-state index in [4.69, 9.17) is 4.74 Å². The third-order valence-corrected chi connectivity index (χ3v) is 2.08. The van der Waals surface area contributed by atoms with Crippen molar-refractivity contribution in [3.63, 3.8) is 0 Å². The average molecular weight is 222 g/mol. The van der Waals surface area contributed by atoms with Gasteiger partial charge >= 0.3 is 35.5 Å². The van der Waals surface area contributed by atoms with Crippen molar-refractivity contribution in [2.75, 3.05) is 6.61 Å². The Morgan fingerprint density at radius 2 is 1.73 bits per heavy atom. The molecule has 84 valence electrons. The summed E-state index contributed by atoms with van der Waals surface area (Å²) in [5.41, 5.74) is 0.482. The first kappa shape index (κ1) is 17.6. The monoisotopic (exact) mass is 222 g/mol. The minimum atomic E-state index is -0.265. The molecule has 0 bridgehead atoms. The summed E-state index contributed by atoms with van der Waals surface area (Å²) in [6.45, 7) is 7.93. The molecule has 0 rings (SSSR count). The second-order valence-electron chi connectivity index (χ2n) is 3.68. The standard InChI is InChI=1S/C12H22O2.Na.H/c1-4-5-6-7-8-9-10-14-12(13)11(2)3;;/h2,4-10H2,1,3H3;;/q;+1;-1. The van der Waals surface area contributed by atoms with Crippen LogP contribution in [-0.2, 0) is 9.53 Å². The third-order valence-electron chi connectivity index (χ3n) is 2.08. The molecule has 0 heterocycles. The second kappa shape index (κ2) is 12.3. The molecular formula is C12H23NaO2. The zero-order valence-electron chi connectivity index (χ0n) is 11.5. The van der Waals surface area contributed by atoms with Crippen molar-refractivity contribution >= 4 is 5.97 Å². The largest absolute Gasteiger partial charge is 1.00 e. The van der Waals surface area contributed by atoms with Crippen LogP contribution in [0.1, 0.15) is 53.8 Å². The first-order valence-corrected chi connectivity index (χ1v) is 5.51. The molecule has 0 aliphatic rings. The van der Waals surface area contributed by atoms with Crippen LogP contribution in [0.2, 0.25) is 0 Å². The van der Waals surface area contributed by atoms with Gasteiger partial charge in [0, 0.05) is 5.57 Å². The van der Waals surface area contributed by atoms with Crippen LogP contribution in [-0.4, -0.2) is 12.6 Å². The average Bonchev–Trinajstić information content (AvgIpc) is 2.16. The molecule has 0 N–H and O–H groups in total. The Labute approximate surface area is 117 Å². The number of carbonyl (C=O) groups is 1. The van der Waals surface area contributed by atoms with Crippen LogP contribution in [0.15, 0.2) is 12.2 Å². The van der Waals surface area contributed by atoms with E-state index in [-0.39, 0.29) is 37.0 Å². The van der Waals surface area contributed by atoms with Gasteiger partial charge in [0.1, 0.15) is 0 Å². The van der Waals surface area contributed by atoms with E-state index in [9.17, 15) is 4.79 Å². The quantitative estimate of drug-likeness (QED) is 0.260. The van der Waals surface area contributed by atoms with E-state index >= 15 is 0 Å². The predicted octanol–water partition coefficient (Wildman–Crippen LogP) is 0.583. The van der Waals surface area contributed by atoms with Gasteiger partial charge in [0.05, 0.1) is 6.61 Å². The van der Waals surface area contributed by atoms with Crippen LogP contribution in [0.5, 0.6) is 0 Å². The Balaban J connectivity index is -0.000000845. The van der Waals surface area contributed by atoms with E-state index in [1.165, 1.54) is 25.7 Å². The van der Waals surface area contributed by atoms with Gasteiger partial charge in [-0.1, -0.05) is 45.6 Å². The van der Waals surface area contributed by atoms with Crippen LogP contribution in [0.25, 0.3) is 0 Å². The van der Waals surface area contributed by atoms with Crippen LogP contribution < -0.4 is 29.6 Å². The molecule has 0 aliphatic carbocycles. The summed E-state index contributed by atoms with van der Waals surface area (Å²) in [5, 5.41) is 0. The minimum absolute atomic E-state index is 0. The van der Waals surface area contributed by atoms with Crippen molar-refractivity contribution in [3.05, 3.63) is 12.2 Å². The molecule has 2 nitrogen and oxygen atoms in total. The second-order valence-corrected chi connectivity index (χ2v) is 3.68. The van der Waals surface area contributed by atoms with Gasteiger partial charge in [0.2, 0.25) is 0 Å². The molecule has 0 spiro atoms. The molecule has 0 aromatic carbocycles. The molecular weight excluding hydrogens is 199 g/mol. The minimum Gasteiger partial charge on any atom is -1.00 e. The van der Waals surface area contributed by atoms with Crippen molar-refractivity contribution in [1.29, 1.82) is 0 Å². The van der Waals surface area contributed by atoms with Gasteiger partial charge in [-0.25, -0.2) is 4.79 Å². The van der Waals surface area contributed by atoms with Crippen LogP contribution in [0.3, 0.4) is 0 Å². The number of hydrogen-bond acceptors (Lipinski definition) is 2. The number of rotatable bonds is 8. The van der Waals surface area contributed by atoms with Crippen LogP contribution in [0, 0.1) is 0 Å². The Kier molecular flexibility index (Phi) is 14.4. The smallest absolute Gasteiger partial charge is 1.00 e. The van der Waals surface area contributed by atoms with Gasteiger partial charge in [-0.2, -0.15) is 0 Å². The molecule has 0 radical (unpaired) electrons. The first-order valence-electron chi connectivity index (χ1n) is 5.51. The summed E-state index contributed by atoms with van der Waals surface area (Å²) in [6.07, 6.45) is 7.26. The SMILES string of the molecule is C=C(C)C(=O)OCCCCCCCC.[H-].[Na+]. The Bertz CT molecular complexity index is 184. The summed E-state index contributed by atoms with van der Waals surface area (Å²) >= 11 is 0. The van der Waals surface area contributed by atoms with E-state index in [0.717, 1.165) is 12.8 Å².